The van der Waals surface area contributed by atoms with Crippen LogP contribution in [0.15, 0.2) is 71.8 Å². The van der Waals surface area contributed by atoms with Crippen molar-refractivity contribution in [2.24, 2.45) is 5.10 Å². The highest BCUT2D eigenvalue weighted by Gasteiger charge is 2.09. The van der Waals surface area contributed by atoms with Gasteiger partial charge >= 0.3 is 0 Å². The summed E-state index contributed by atoms with van der Waals surface area (Å²) in [6.45, 7) is 1.93. The summed E-state index contributed by atoms with van der Waals surface area (Å²) in [6.07, 6.45) is 1.59. The van der Waals surface area contributed by atoms with Gasteiger partial charge in [0.05, 0.1) is 13.4 Å². The molecule has 2 amide bonds. The van der Waals surface area contributed by atoms with E-state index in [0.29, 0.717) is 17.9 Å². The summed E-state index contributed by atoms with van der Waals surface area (Å²) in [6, 6.07) is 20.5. The molecule has 0 atom stereocenters. The number of rotatable bonds is 7. The van der Waals surface area contributed by atoms with Crippen molar-refractivity contribution in [2.75, 3.05) is 5.32 Å². The highest BCUT2D eigenvalue weighted by Crippen LogP contribution is 2.29. The summed E-state index contributed by atoms with van der Waals surface area (Å²) < 4.78 is 7.91. The first kappa shape index (κ1) is 23.2. The molecule has 158 valence electrons. The molecule has 0 spiro atoms. The number of hydrogen-bond acceptors (Lipinski definition) is 4. The molecule has 3 aromatic carbocycles. The van der Waals surface area contributed by atoms with Gasteiger partial charge in [0.1, 0.15) is 12.4 Å². The molecule has 2 N–H and O–H groups in total. The molecule has 0 heterocycles. The Morgan fingerprint density at radius 1 is 1.00 bits per heavy atom. The van der Waals surface area contributed by atoms with Crippen molar-refractivity contribution in [2.45, 2.75) is 13.5 Å². The smallest absolute Gasteiger partial charge is 0.271 e. The van der Waals surface area contributed by atoms with E-state index in [1.807, 2.05) is 42.5 Å². The summed E-state index contributed by atoms with van der Waals surface area (Å²) in [5, 5.41) is 6.71. The van der Waals surface area contributed by atoms with Gasteiger partial charge < -0.3 is 10.1 Å². The number of ether oxygens (including phenoxy) is 1. The van der Waals surface area contributed by atoms with Crippen LogP contribution in [-0.4, -0.2) is 18.0 Å². The molecule has 0 saturated heterocycles. The number of hydrazone groups is 1. The summed E-state index contributed by atoms with van der Waals surface area (Å²) in [5.41, 5.74) is 5.54. The van der Waals surface area contributed by atoms with Crippen LogP contribution >= 0.6 is 45.2 Å². The van der Waals surface area contributed by atoms with Crippen LogP contribution in [-0.2, 0) is 11.4 Å². The number of halogens is 2. The minimum absolute atomic E-state index is 0.164. The van der Waals surface area contributed by atoms with Crippen LogP contribution in [0.4, 0.5) is 5.69 Å². The zero-order valence-corrected chi connectivity index (χ0v) is 20.9. The molecule has 8 heteroatoms. The van der Waals surface area contributed by atoms with Crippen LogP contribution in [0, 0.1) is 7.14 Å². The van der Waals surface area contributed by atoms with Crippen LogP contribution in [0.1, 0.15) is 28.4 Å². The maximum atomic E-state index is 12.2. The minimum Gasteiger partial charge on any atom is -0.487 e. The molecule has 0 fully saturated rings. The Hall–Kier alpha value is -2.47. The van der Waals surface area contributed by atoms with Crippen molar-refractivity contribution in [1.29, 1.82) is 0 Å². The summed E-state index contributed by atoms with van der Waals surface area (Å²) in [4.78, 5) is 23.3. The molecule has 31 heavy (non-hydrogen) atoms. The Kier molecular flexibility index (Phi) is 8.41. The molecule has 0 aliphatic carbocycles. The Morgan fingerprint density at radius 2 is 1.65 bits per heavy atom. The minimum atomic E-state index is -0.335. The van der Waals surface area contributed by atoms with Gasteiger partial charge in [-0.3, -0.25) is 9.59 Å². The average molecular weight is 639 g/mol. The fraction of sp³-hybridized carbons (Fsp3) is 0.0870. The molecule has 6 nitrogen and oxygen atoms in total. The van der Waals surface area contributed by atoms with E-state index in [2.05, 4.69) is 61.0 Å². The van der Waals surface area contributed by atoms with E-state index < -0.39 is 0 Å². The highest BCUT2D eigenvalue weighted by atomic mass is 127. The van der Waals surface area contributed by atoms with Crippen molar-refractivity contribution in [1.82, 2.24) is 5.43 Å². The SMILES string of the molecule is CC(=O)Nc1ccc(C(=O)N/N=C\c2cc(I)c(OCc3ccccc3)c(I)c2)cc1. The van der Waals surface area contributed by atoms with E-state index in [-0.39, 0.29) is 11.8 Å². The monoisotopic (exact) mass is 639 g/mol. The number of amides is 2. The van der Waals surface area contributed by atoms with Gasteiger partial charge in [-0.05, 0) is 92.7 Å². The average Bonchev–Trinajstić information content (AvgIpc) is 2.74. The number of nitrogens with zero attached hydrogens (tertiary/aromatic N) is 1. The quantitative estimate of drug-likeness (QED) is 0.212. The number of carbonyl (C=O) groups is 2. The van der Waals surface area contributed by atoms with Gasteiger partial charge in [-0.25, -0.2) is 5.43 Å². The van der Waals surface area contributed by atoms with Gasteiger partial charge in [0.25, 0.3) is 5.91 Å². The summed E-state index contributed by atoms with van der Waals surface area (Å²) in [5.74, 6) is 0.325. The molecular formula is C23H19I2N3O3. The van der Waals surface area contributed by atoms with Crippen molar-refractivity contribution in [3.05, 3.63) is 90.6 Å². The zero-order chi connectivity index (χ0) is 22.2. The lowest BCUT2D eigenvalue weighted by Gasteiger charge is -2.11. The number of anilines is 1. The first-order chi connectivity index (χ1) is 14.9. The normalized spacial score (nSPS) is 10.7. The van der Waals surface area contributed by atoms with Crippen molar-refractivity contribution in [3.8, 4) is 5.75 Å². The summed E-state index contributed by atoms with van der Waals surface area (Å²) >= 11 is 4.46. The molecule has 0 aromatic heterocycles. The standard InChI is InChI=1S/C23H19I2N3O3/c1-15(29)27-19-9-7-18(8-10-19)23(30)28-26-13-17-11-20(24)22(21(25)12-17)31-14-16-5-3-2-4-6-16/h2-13H,14H2,1H3,(H,27,29)(H,28,30)/b26-13-. The lowest BCUT2D eigenvalue weighted by atomic mass is 10.2. The van der Waals surface area contributed by atoms with Gasteiger partial charge in [-0.15, -0.1) is 0 Å². The van der Waals surface area contributed by atoms with Gasteiger partial charge in [-0.2, -0.15) is 5.10 Å². The van der Waals surface area contributed by atoms with Crippen molar-refractivity contribution in [3.63, 3.8) is 0 Å². The Labute approximate surface area is 207 Å². The van der Waals surface area contributed by atoms with Crippen molar-refractivity contribution < 1.29 is 14.3 Å². The topological polar surface area (TPSA) is 79.8 Å². The number of carbonyl (C=O) groups excluding carboxylic acids is 2. The lowest BCUT2D eigenvalue weighted by molar-refractivity contribution is -0.114. The van der Waals surface area contributed by atoms with E-state index in [0.717, 1.165) is 24.0 Å². The predicted molar refractivity (Wildman–Crippen MR) is 138 cm³/mol. The van der Waals surface area contributed by atoms with Crippen LogP contribution in [0.5, 0.6) is 5.75 Å². The predicted octanol–water partition coefficient (Wildman–Crippen LogP) is 5.20. The Balaban J connectivity index is 1.60. The largest absolute Gasteiger partial charge is 0.487 e. The molecular weight excluding hydrogens is 620 g/mol. The second-order valence-corrected chi connectivity index (χ2v) is 8.87. The molecule has 3 rings (SSSR count). The van der Waals surface area contributed by atoms with Gasteiger partial charge in [0.2, 0.25) is 5.91 Å². The number of benzene rings is 3. The second-order valence-electron chi connectivity index (χ2n) is 6.55. The third-order valence-corrected chi connectivity index (χ3v) is 5.70. The molecule has 0 aliphatic rings. The van der Waals surface area contributed by atoms with Crippen LogP contribution in [0.2, 0.25) is 0 Å². The fourth-order valence-electron chi connectivity index (χ4n) is 2.66. The van der Waals surface area contributed by atoms with Gasteiger partial charge in [0.15, 0.2) is 0 Å². The van der Waals surface area contributed by atoms with Crippen LogP contribution < -0.4 is 15.5 Å². The van der Waals surface area contributed by atoms with E-state index in [4.69, 9.17) is 4.74 Å². The number of hydrogen-bond donors (Lipinski definition) is 2. The third kappa shape index (κ3) is 7.03. The van der Waals surface area contributed by atoms with E-state index in [1.54, 1.807) is 30.5 Å². The first-order valence-electron chi connectivity index (χ1n) is 9.29. The van der Waals surface area contributed by atoms with Gasteiger partial charge in [-0.1, -0.05) is 30.3 Å². The fourth-order valence-corrected chi connectivity index (χ4v) is 4.79. The van der Waals surface area contributed by atoms with Crippen LogP contribution in [0.3, 0.4) is 0 Å². The first-order valence-corrected chi connectivity index (χ1v) is 11.4. The molecule has 3 aromatic rings. The third-order valence-electron chi connectivity index (χ3n) is 4.09. The van der Waals surface area contributed by atoms with Crippen LogP contribution in [0.25, 0.3) is 0 Å². The maximum Gasteiger partial charge on any atom is 0.271 e. The lowest BCUT2D eigenvalue weighted by Crippen LogP contribution is -2.17. The summed E-state index contributed by atoms with van der Waals surface area (Å²) in [7, 11) is 0. The molecule has 0 unspecified atom stereocenters. The zero-order valence-electron chi connectivity index (χ0n) is 16.6. The van der Waals surface area contributed by atoms with E-state index in [9.17, 15) is 9.59 Å². The second kappa shape index (κ2) is 11.2. The van der Waals surface area contributed by atoms with Gasteiger partial charge in [0, 0.05) is 18.2 Å². The van der Waals surface area contributed by atoms with E-state index in [1.165, 1.54) is 6.92 Å². The molecule has 0 bridgehead atoms. The maximum absolute atomic E-state index is 12.2. The molecule has 0 radical (unpaired) electrons. The highest BCUT2D eigenvalue weighted by molar-refractivity contribution is 14.1. The Morgan fingerprint density at radius 3 is 2.26 bits per heavy atom. The molecule has 0 saturated carbocycles. The van der Waals surface area contributed by atoms with Crippen molar-refractivity contribution >= 4 is 68.9 Å². The van der Waals surface area contributed by atoms with E-state index >= 15 is 0 Å². The molecule has 0 aliphatic heterocycles. The number of nitrogens with one attached hydrogen (secondary N) is 2. The Bertz CT molecular complexity index is 1080.